The zero-order valence-corrected chi connectivity index (χ0v) is 15.4. The highest BCUT2D eigenvalue weighted by molar-refractivity contribution is 7.99. The minimum atomic E-state index is -0.0377. The molecule has 1 amide bonds. The maximum atomic E-state index is 12.3. The van der Waals surface area contributed by atoms with Gasteiger partial charge in [0.25, 0.3) is 0 Å². The predicted molar refractivity (Wildman–Crippen MR) is 104 cm³/mol. The topological polar surface area (TPSA) is 59.3 Å². The van der Waals surface area contributed by atoms with Gasteiger partial charge in [0.05, 0.1) is 16.8 Å². The van der Waals surface area contributed by atoms with Crippen LogP contribution in [0.3, 0.4) is 0 Å². The molecular weight excluding hydrogens is 352 g/mol. The highest BCUT2D eigenvalue weighted by atomic mass is 32.2. The minimum Gasteiger partial charge on any atom is -0.325 e. The molecule has 2 heterocycles. The lowest BCUT2D eigenvalue weighted by Gasteiger charge is -2.08. The summed E-state index contributed by atoms with van der Waals surface area (Å²) in [6.45, 7) is 4.00. The van der Waals surface area contributed by atoms with Gasteiger partial charge in [0.2, 0.25) is 10.9 Å². The van der Waals surface area contributed by atoms with Gasteiger partial charge in [0, 0.05) is 17.2 Å². The maximum absolute atomic E-state index is 12.3. The number of aromatic nitrogens is 3. The van der Waals surface area contributed by atoms with Crippen LogP contribution in [-0.2, 0) is 4.79 Å². The Labute approximate surface area is 153 Å². The van der Waals surface area contributed by atoms with E-state index in [-0.39, 0.29) is 5.91 Å². The van der Waals surface area contributed by atoms with Crippen molar-refractivity contribution in [1.29, 1.82) is 0 Å². The molecule has 2 aromatic heterocycles. The molecule has 0 spiro atoms. The minimum absolute atomic E-state index is 0.0377. The first-order valence-electron chi connectivity index (χ1n) is 7.84. The van der Waals surface area contributed by atoms with Crippen molar-refractivity contribution in [2.45, 2.75) is 19.0 Å². The Morgan fingerprint density at radius 3 is 2.96 bits per heavy atom. The fraction of sp³-hybridized carbons (Fsp3) is 0.167. The second-order valence-corrected chi connectivity index (χ2v) is 7.51. The summed E-state index contributed by atoms with van der Waals surface area (Å²) in [7, 11) is 0. The predicted octanol–water partition coefficient (Wildman–Crippen LogP) is 4.29. The molecule has 0 atom stereocenters. The number of imidazole rings is 1. The number of benzene rings is 2. The van der Waals surface area contributed by atoms with Crippen molar-refractivity contribution >= 4 is 50.9 Å². The molecule has 4 rings (SSSR count). The van der Waals surface area contributed by atoms with Gasteiger partial charge in [-0.05, 0) is 43.2 Å². The van der Waals surface area contributed by atoms with E-state index in [9.17, 15) is 4.79 Å². The number of nitrogens with one attached hydrogen (secondary N) is 1. The first-order valence-corrected chi connectivity index (χ1v) is 9.60. The highest BCUT2D eigenvalue weighted by Gasteiger charge is 2.14. The number of carbonyl (C=O) groups is 1. The van der Waals surface area contributed by atoms with E-state index in [1.165, 1.54) is 23.3 Å². The molecular formula is C18H16N4OS2. The molecule has 0 unspecified atom stereocenters. The van der Waals surface area contributed by atoms with Gasteiger partial charge in [-0.2, -0.15) is 4.37 Å². The molecule has 7 heteroatoms. The summed E-state index contributed by atoms with van der Waals surface area (Å²) in [6.07, 6.45) is 0. The Kier molecular flexibility index (Phi) is 4.19. The molecule has 0 aliphatic rings. The van der Waals surface area contributed by atoms with Gasteiger partial charge in [-0.25, -0.2) is 4.98 Å². The van der Waals surface area contributed by atoms with Crippen LogP contribution in [0, 0.1) is 13.8 Å². The molecule has 126 valence electrons. The fourth-order valence-corrected chi connectivity index (χ4v) is 4.32. The third kappa shape index (κ3) is 3.12. The van der Waals surface area contributed by atoms with Gasteiger partial charge < -0.3 is 5.32 Å². The molecule has 0 aliphatic carbocycles. The van der Waals surface area contributed by atoms with E-state index in [1.54, 1.807) is 0 Å². The normalized spacial score (nSPS) is 11.3. The van der Waals surface area contributed by atoms with Crippen LogP contribution in [0.2, 0.25) is 0 Å². The van der Waals surface area contributed by atoms with Crippen LogP contribution in [0.1, 0.15) is 11.1 Å². The van der Waals surface area contributed by atoms with Crippen LogP contribution in [-0.4, -0.2) is 25.4 Å². The summed E-state index contributed by atoms with van der Waals surface area (Å²) in [5.74, 6) is 0.267. The fourth-order valence-electron chi connectivity index (χ4n) is 2.65. The van der Waals surface area contributed by atoms with E-state index in [2.05, 4.69) is 14.7 Å². The summed E-state index contributed by atoms with van der Waals surface area (Å²) >= 11 is 2.77. The third-order valence-corrected chi connectivity index (χ3v) is 5.68. The molecule has 0 saturated heterocycles. The number of carbonyl (C=O) groups excluding carboxylic acids is 1. The number of thioether (sulfide) groups is 1. The quantitative estimate of drug-likeness (QED) is 0.546. The molecule has 0 aliphatic heterocycles. The lowest BCUT2D eigenvalue weighted by atomic mass is 10.1. The Hall–Kier alpha value is -2.38. The number of hydrogen-bond donors (Lipinski definition) is 1. The average molecular weight is 368 g/mol. The van der Waals surface area contributed by atoms with Gasteiger partial charge in [-0.3, -0.25) is 9.20 Å². The zero-order chi connectivity index (χ0) is 17.4. The van der Waals surface area contributed by atoms with Crippen LogP contribution in [0.25, 0.3) is 16.0 Å². The van der Waals surface area contributed by atoms with Crippen molar-refractivity contribution in [2.75, 3.05) is 11.1 Å². The smallest absolute Gasteiger partial charge is 0.234 e. The number of aryl methyl sites for hydroxylation is 2. The highest BCUT2D eigenvalue weighted by Crippen LogP contribution is 2.27. The molecule has 25 heavy (non-hydrogen) atoms. The molecule has 2 aromatic carbocycles. The number of para-hydroxylation sites is 2. The van der Waals surface area contributed by atoms with E-state index >= 15 is 0 Å². The summed E-state index contributed by atoms with van der Waals surface area (Å²) < 4.78 is 6.45. The SMILES string of the molecule is Cc1ccc(C)c(NC(=O)CSc2nsc3nc4ccccc4n23)c1. The van der Waals surface area contributed by atoms with Crippen molar-refractivity contribution in [3.8, 4) is 0 Å². The van der Waals surface area contributed by atoms with Gasteiger partial charge in [0.15, 0.2) is 5.16 Å². The van der Waals surface area contributed by atoms with Crippen molar-refractivity contribution < 1.29 is 4.79 Å². The van der Waals surface area contributed by atoms with E-state index in [4.69, 9.17) is 0 Å². The number of nitrogens with zero attached hydrogens (tertiary/aromatic N) is 3. The summed E-state index contributed by atoms with van der Waals surface area (Å²) in [4.78, 5) is 17.7. The van der Waals surface area contributed by atoms with Crippen molar-refractivity contribution in [3.63, 3.8) is 0 Å². The number of hydrogen-bond acceptors (Lipinski definition) is 5. The van der Waals surface area contributed by atoms with E-state index in [1.807, 2.05) is 60.7 Å². The Morgan fingerprint density at radius 1 is 1.24 bits per heavy atom. The van der Waals surface area contributed by atoms with Crippen molar-refractivity contribution in [2.24, 2.45) is 0 Å². The average Bonchev–Trinajstić information content (AvgIpc) is 3.15. The van der Waals surface area contributed by atoms with Gasteiger partial charge >= 0.3 is 0 Å². The largest absolute Gasteiger partial charge is 0.325 e. The van der Waals surface area contributed by atoms with Crippen LogP contribution in [0.4, 0.5) is 5.69 Å². The molecule has 0 bridgehead atoms. The lowest BCUT2D eigenvalue weighted by Crippen LogP contribution is -2.15. The van der Waals surface area contributed by atoms with Gasteiger partial charge in [-0.1, -0.05) is 36.0 Å². The Morgan fingerprint density at radius 2 is 2.08 bits per heavy atom. The molecule has 5 nitrogen and oxygen atoms in total. The van der Waals surface area contributed by atoms with Crippen molar-refractivity contribution in [1.82, 2.24) is 13.8 Å². The maximum Gasteiger partial charge on any atom is 0.234 e. The lowest BCUT2D eigenvalue weighted by molar-refractivity contribution is -0.113. The summed E-state index contributed by atoms with van der Waals surface area (Å²) in [5.41, 5.74) is 5.00. The van der Waals surface area contributed by atoms with Crippen molar-refractivity contribution in [3.05, 3.63) is 53.6 Å². The van der Waals surface area contributed by atoms with Crippen LogP contribution >= 0.6 is 23.3 Å². The second-order valence-electron chi connectivity index (χ2n) is 5.84. The van der Waals surface area contributed by atoms with Gasteiger partial charge in [-0.15, -0.1) is 0 Å². The molecule has 1 N–H and O–H groups in total. The first-order chi connectivity index (χ1) is 12.1. The number of fused-ring (bicyclic) bond motifs is 3. The van der Waals surface area contributed by atoms with Crippen LogP contribution in [0.5, 0.6) is 0 Å². The second kappa shape index (κ2) is 6.50. The Bertz CT molecular complexity index is 1080. The standard InChI is InChI=1S/C18H16N4OS2/c1-11-7-8-12(2)14(9-11)19-16(23)10-24-18-21-25-17-20-13-5-3-4-6-15(13)22(17)18/h3-9H,10H2,1-2H3,(H,19,23). The number of rotatable bonds is 4. The number of amides is 1. The summed E-state index contributed by atoms with van der Waals surface area (Å²) in [6, 6.07) is 14.0. The van der Waals surface area contributed by atoms with Gasteiger partial charge in [0.1, 0.15) is 0 Å². The molecule has 0 saturated carbocycles. The first kappa shape index (κ1) is 16.1. The zero-order valence-electron chi connectivity index (χ0n) is 13.8. The molecule has 0 fully saturated rings. The molecule has 4 aromatic rings. The molecule has 0 radical (unpaired) electrons. The monoisotopic (exact) mass is 368 g/mol. The third-order valence-electron chi connectivity index (χ3n) is 3.93. The van der Waals surface area contributed by atoms with Crippen LogP contribution in [0.15, 0.2) is 47.6 Å². The van der Waals surface area contributed by atoms with Crippen LogP contribution < -0.4 is 5.32 Å². The summed E-state index contributed by atoms with van der Waals surface area (Å²) in [5, 5.41) is 3.78. The van der Waals surface area contributed by atoms with E-state index < -0.39 is 0 Å². The van der Waals surface area contributed by atoms with E-state index in [0.717, 1.165) is 38.0 Å². The Balaban J connectivity index is 1.52. The number of anilines is 1. The van der Waals surface area contributed by atoms with E-state index in [0.29, 0.717) is 5.75 Å².